The van der Waals surface area contributed by atoms with Crippen LogP contribution < -0.4 is 0 Å². The number of carboxylic acid groups (broad SMARTS) is 2. The van der Waals surface area contributed by atoms with Crippen molar-refractivity contribution < 1.29 is 19.8 Å². The molecule has 0 saturated heterocycles. The van der Waals surface area contributed by atoms with E-state index >= 15 is 0 Å². The summed E-state index contributed by atoms with van der Waals surface area (Å²) in [6.07, 6.45) is 0. The average Bonchev–Trinajstić information content (AvgIpc) is 2.49. The summed E-state index contributed by atoms with van der Waals surface area (Å²) >= 11 is 11.8. The summed E-state index contributed by atoms with van der Waals surface area (Å²) in [6, 6.07) is 13.7. The van der Waals surface area contributed by atoms with Crippen molar-refractivity contribution in [2.45, 2.75) is 11.8 Å². The second kappa shape index (κ2) is 6.46. The number of carboxylic acids is 2. The molecule has 0 aliphatic heterocycles. The van der Waals surface area contributed by atoms with Gasteiger partial charge in [0.05, 0.1) is 11.8 Å². The third kappa shape index (κ3) is 2.87. The van der Waals surface area contributed by atoms with Gasteiger partial charge in [0.1, 0.15) is 0 Å². The Balaban J connectivity index is 2.06. The van der Waals surface area contributed by atoms with Gasteiger partial charge in [-0.1, -0.05) is 47.5 Å². The Morgan fingerprint density at radius 1 is 0.667 bits per heavy atom. The minimum Gasteiger partial charge on any atom is -0.481 e. The molecule has 4 atom stereocenters. The van der Waals surface area contributed by atoms with Crippen LogP contribution in [0.15, 0.2) is 48.5 Å². The monoisotopic (exact) mass is 364 g/mol. The molecule has 3 rings (SSSR count). The minimum absolute atomic E-state index is 0.429. The molecule has 6 heteroatoms. The SMILES string of the molecule is O=C(O)[C@@H]1C(c2ccc(Cl)cc2)C(c2ccc(Cl)cc2)[C@@H]1C(=O)O. The molecule has 124 valence electrons. The average molecular weight is 365 g/mol. The smallest absolute Gasteiger partial charge is 0.308 e. The van der Waals surface area contributed by atoms with E-state index in [1.54, 1.807) is 48.5 Å². The predicted molar refractivity (Wildman–Crippen MR) is 90.6 cm³/mol. The zero-order valence-corrected chi connectivity index (χ0v) is 13.9. The van der Waals surface area contributed by atoms with Crippen LogP contribution in [0.3, 0.4) is 0 Å². The molecular weight excluding hydrogens is 351 g/mol. The maximum Gasteiger partial charge on any atom is 0.308 e. The van der Waals surface area contributed by atoms with Crippen molar-refractivity contribution in [2.75, 3.05) is 0 Å². The van der Waals surface area contributed by atoms with E-state index in [1.165, 1.54) is 0 Å². The first-order valence-electron chi connectivity index (χ1n) is 7.36. The molecule has 24 heavy (non-hydrogen) atoms. The fraction of sp³-hybridized carbons (Fsp3) is 0.222. The molecular formula is C18H14Cl2O4. The standard InChI is InChI=1S/C18H14Cl2O4/c19-11-5-1-9(2-6-11)13-14(10-3-7-12(20)8-4-10)16(18(23)24)15(13)17(21)22/h1-8,13-16H,(H,21,22)(H,23,24)/t13?,14?,15-,16+. The molecule has 1 aliphatic carbocycles. The van der Waals surface area contributed by atoms with Crippen LogP contribution in [0.2, 0.25) is 10.0 Å². The van der Waals surface area contributed by atoms with E-state index in [0.717, 1.165) is 11.1 Å². The van der Waals surface area contributed by atoms with Crippen LogP contribution in [0.4, 0.5) is 0 Å². The Morgan fingerprint density at radius 2 is 0.958 bits per heavy atom. The number of benzene rings is 2. The quantitative estimate of drug-likeness (QED) is 0.848. The molecule has 1 fully saturated rings. The van der Waals surface area contributed by atoms with E-state index in [2.05, 4.69) is 0 Å². The lowest BCUT2D eigenvalue weighted by Crippen LogP contribution is -2.51. The maximum atomic E-state index is 11.7. The lowest BCUT2D eigenvalue weighted by molar-refractivity contribution is -0.164. The second-order valence-electron chi connectivity index (χ2n) is 5.88. The predicted octanol–water partition coefficient (Wildman–Crippen LogP) is 4.28. The van der Waals surface area contributed by atoms with Crippen molar-refractivity contribution in [3.63, 3.8) is 0 Å². The fourth-order valence-electron chi connectivity index (χ4n) is 3.56. The molecule has 1 aliphatic rings. The van der Waals surface area contributed by atoms with E-state index in [4.69, 9.17) is 23.2 Å². The molecule has 2 aromatic rings. The highest BCUT2D eigenvalue weighted by Crippen LogP contribution is 2.58. The van der Waals surface area contributed by atoms with Gasteiger partial charge in [-0.2, -0.15) is 0 Å². The Hall–Kier alpha value is -2.04. The normalized spacial score (nSPS) is 25.8. The third-order valence-corrected chi connectivity index (χ3v) is 5.13. The fourth-order valence-corrected chi connectivity index (χ4v) is 3.81. The Labute approximate surface area is 148 Å². The summed E-state index contributed by atoms with van der Waals surface area (Å²) in [7, 11) is 0. The van der Waals surface area contributed by atoms with Crippen LogP contribution in [-0.4, -0.2) is 22.2 Å². The van der Waals surface area contributed by atoms with Crippen LogP contribution >= 0.6 is 23.2 Å². The molecule has 1 saturated carbocycles. The molecule has 2 unspecified atom stereocenters. The van der Waals surface area contributed by atoms with Crippen molar-refractivity contribution in [2.24, 2.45) is 11.8 Å². The molecule has 0 bridgehead atoms. The highest BCUT2D eigenvalue weighted by Gasteiger charge is 2.58. The molecule has 2 N–H and O–H groups in total. The van der Waals surface area contributed by atoms with Gasteiger partial charge in [0.2, 0.25) is 0 Å². The molecule has 0 radical (unpaired) electrons. The van der Waals surface area contributed by atoms with Crippen LogP contribution in [0.25, 0.3) is 0 Å². The van der Waals surface area contributed by atoms with Crippen LogP contribution in [0.1, 0.15) is 23.0 Å². The van der Waals surface area contributed by atoms with Gasteiger partial charge in [-0.05, 0) is 35.4 Å². The lowest BCUT2D eigenvalue weighted by Gasteiger charge is -2.48. The second-order valence-corrected chi connectivity index (χ2v) is 6.76. The largest absolute Gasteiger partial charge is 0.481 e. The molecule has 0 spiro atoms. The molecule has 2 aromatic carbocycles. The zero-order valence-electron chi connectivity index (χ0n) is 12.4. The number of halogens is 2. The van der Waals surface area contributed by atoms with Crippen LogP contribution in [0, 0.1) is 11.8 Å². The van der Waals surface area contributed by atoms with E-state index in [9.17, 15) is 19.8 Å². The van der Waals surface area contributed by atoms with E-state index in [0.29, 0.717) is 10.0 Å². The number of rotatable bonds is 4. The first kappa shape index (κ1) is 16.8. The van der Waals surface area contributed by atoms with Gasteiger partial charge in [0, 0.05) is 21.9 Å². The topological polar surface area (TPSA) is 74.6 Å². The highest BCUT2D eigenvalue weighted by molar-refractivity contribution is 6.30. The van der Waals surface area contributed by atoms with Crippen molar-refractivity contribution in [3.8, 4) is 0 Å². The Kier molecular flexibility index (Phi) is 4.52. The number of hydrogen-bond acceptors (Lipinski definition) is 2. The number of aliphatic carboxylic acids is 2. The molecule has 4 nitrogen and oxygen atoms in total. The van der Waals surface area contributed by atoms with Gasteiger partial charge in [-0.25, -0.2) is 0 Å². The van der Waals surface area contributed by atoms with E-state index in [-0.39, 0.29) is 0 Å². The summed E-state index contributed by atoms with van der Waals surface area (Å²) in [5.41, 5.74) is 1.54. The summed E-state index contributed by atoms with van der Waals surface area (Å²) < 4.78 is 0. The summed E-state index contributed by atoms with van der Waals surface area (Å²) in [6.45, 7) is 0. The maximum absolute atomic E-state index is 11.7. The van der Waals surface area contributed by atoms with E-state index < -0.39 is 35.6 Å². The summed E-state index contributed by atoms with van der Waals surface area (Å²) in [5, 5.41) is 20.2. The number of carbonyl (C=O) groups is 2. The van der Waals surface area contributed by atoms with Gasteiger partial charge >= 0.3 is 11.9 Å². The first-order chi connectivity index (χ1) is 11.4. The van der Waals surface area contributed by atoms with Gasteiger partial charge in [-0.3, -0.25) is 9.59 Å². The van der Waals surface area contributed by atoms with Crippen LogP contribution in [0.5, 0.6) is 0 Å². The first-order valence-corrected chi connectivity index (χ1v) is 8.12. The van der Waals surface area contributed by atoms with Gasteiger partial charge in [0.25, 0.3) is 0 Å². The minimum atomic E-state index is -1.10. The van der Waals surface area contributed by atoms with Crippen molar-refractivity contribution in [1.82, 2.24) is 0 Å². The van der Waals surface area contributed by atoms with Crippen molar-refractivity contribution >= 4 is 35.1 Å². The van der Waals surface area contributed by atoms with Gasteiger partial charge in [0.15, 0.2) is 0 Å². The zero-order chi connectivity index (χ0) is 17.4. The molecule has 0 amide bonds. The summed E-state index contributed by atoms with van der Waals surface area (Å²) in [5.74, 6) is -5.03. The highest BCUT2D eigenvalue weighted by atomic mass is 35.5. The van der Waals surface area contributed by atoms with Crippen molar-refractivity contribution in [3.05, 3.63) is 69.7 Å². The van der Waals surface area contributed by atoms with Gasteiger partial charge in [-0.15, -0.1) is 0 Å². The number of hydrogen-bond donors (Lipinski definition) is 2. The summed E-state index contributed by atoms with van der Waals surface area (Å²) in [4.78, 5) is 23.3. The van der Waals surface area contributed by atoms with E-state index in [1.807, 2.05) is 0 Å². The van der Waals surface area contributed by atoms with Crippen LogP contribution in [-0.2, 0) is 9.59 Å². The molecule has 0 aromatic heterocycles. The van der Waals surface area contributed by atoms with Crippen molar-refractivity contribution in [1.29, 1.82) is 0 Å². The van der Waals surface area contributed by atoms with Gasteiger partial charge < -0.3 is 10.2 Å². The molecule has 0 heterocycles. The Morgan fingerprint density at radius 3 is 1.21 bits per heavy atom. The Bertz CT molecular complexity index is 703. The third-order valence-electron chi connectivity index (χ3n) is 4.63. The lowest BCUT2D eigenvalue weighted by atomic mass is 9.52.